The van der Waals surface area contributed by atoms with E-state index in [-0.39, 0.29) is 23.6 Å². The first kappa shape index (κ1) is 18.7. The van der Waals surface area contributed by atoms with Crippen LogP contribution in [0.15, 0.2) is 54.6 Å². The number of nitrogens with zero attached hydrogens (tertiary/aromatic N) is 1. The van der Waals surface area contributed by atoms with E-state index in [1.165, 1.54) is 23.5 Å². The second kappa shape index (κ2) is 7.21. The van der Waals surface area contributed by atoms with E-state index in [4.69, 9.17) is 4.74 Å². The zero-order chi connectivity index (χ0) is 20.8. The summed E-state index contributed by atoms with van der Waals surface area (Å²) < 4.78 is 19.6. The molecule has 2 aliphatic rings. The van der Waals surface area contributed by atoms with E-state index in [9.17, 15) is 19.1 Å². The Hall–Kier alpha value is -3.26. The van der Waals surface area contributed by atoms with Crippen molar-refractivity contribution in [3.8, 4) is 11.5 Å². The summed E-state index contributed by atoms with van der Waals surface area (Å²) in [4.78, 5) is 28.9. The maximum absolute atomic E-state index is 13.0. The van der Waals surface area contributed by atoms with Gasteiger partial charge in [-0.05, 0) is 54.7 Å². The summed E-state index contributed by atoms with van der Waals surface area (Å²) in [6, 6.07) is 11.1. The van der Waals surface area contributed by atoms with Gasteiger partial charge in [0, 0.05) is 6.07 Å². The lowest BCUT2D eigenvalue weighted by atomic mass is 9.82. The van der Waals surface area contributed by atoms with E-state index in [0.717, 1.165) is 4.70 Å². The molecule has 2 unspecified atom stereocenters. The number of anilines is 1. The highest BCUT2D eigenvalue weighted by Crippen LogP contribution is 2.48. The van der Waals surface area contributed by atoms with Crippen molar-refractivity contribution >= 4 is 38.6 Å². The molecule has 6 nitrogen and oxygen atoms in total. The van der Waals surface area contributed by atoms with Crippen LogP contribution in [0.3, 0.4) is 0 Å². The minimum absolute atomic E-state index is 0.0406. The summed E-state index contributed by atoms with van der Waals surface area (Å²) in [5.41, 5.74) is 0.698. The highest BCUT2D eigenvalue weighted by Gasteiger charge is 2.51. The van der Waals surface area contributed by atoms with Crippen LogP contribution in [-0.2, 0) is 9.59 Å². The van der Waals surface area contributed by atoms with Gasteiger partial charge in [-0.25, -0.2) is 9.37 Å². The molecule has 2 bridgehead atoms. The Bertz CT molecular complexity index is 1170. The van der Waals surface area contributed by atoms with Gasteiger partial charge in [-0.15, -0.1) is 0 Å². The summed E-state index contributed by atoms with van der Waals surface area (Å²) in [6.45, 7) is 0. The first-order valence-electron chi connectivity index (χ1n) is 9.54. The lowest BCUT2D eigenvalue weighted by Gasteiger charge is -2.23. The Balaban J connectivity index is 1.34. The van der Waals surface area contributed by atoms with E-state index < -0.39 is 17.8 Å². The molecule has 1 heterocycles. The second-order valence-corrected chi connectivity index (χ2v) is 8.56. The largest absolute Gasteiger partial charge is 0.481 e. The summed E-state index contributed by atoms with van der Waals surface area (Å²) in [6.07, 6.45) is 4.57. The maximum atomic E-state index is 13.0. The van der Waals surface area contributed by atoms with Crippen molar-refractivity contribution in [2.45, 2.75) is 6.42 Å². The molecule has 0 aliphatic heterocycles. The zero-order valence-electron chi connectivity index (χ0n) is 15.6. The Morgan fingerprint density at radius 1 is 1.07 bits per heavy atom. The van der Waals surface area contributed by atoms with Gasteiger partial charge in [0.05, 0.1) is 22.1 Å². The van der Waals surface area contributed by atoms with Crippen LogP contribution in [0.5, 0.6) is 11.5 Å². The zero-order valence-corrected chi connectivity index (χ0v) is 16.4. The number of ether oxygens (including phenoxy) is 1. The number of thiazole rings is 1. The average molecular weight is 424 g/mol. The highest BCUT2D eigenvalue weighted by atomic mass is 32.1. The first-order valence-corrected chi connectivity index (χ1v) is 10.4. The molecule has 2 aromatic carbocycles. The minimum atomic E-state index is -0.932. The normalized spacial score (nSPS) is 24.3. The number of allylic oxidation sites excluding steroid dienone is 2. The number of halogens is 1. The van der Waals surface area contributed by atoms with Gasteiger partial charge in [-0.1, -0.05) is 23.5 Å². The van der Waals surface area contributed by atoms with Gasteiger partial charge in [-0.2, -0.15) is 0 Å². The minimum Gasteiger partial charge on any atom is -0.481 e. The Kier molecular flexibility index (Phi) is 4.51. The van der Waals surface area contributed by atoms with E-state index in [2.05, 4.69) is 10.3 Å². The fraction of sp³-hybridized carbons (Fsp3) is 0.227. The smallest absolute Gasteiger partial charge is 0.307 e. The molecule has 3 aromatic rings. The predicted octanol–water partition coefficient (Wildman–Crippen LogP) is 4.69. The maximum Gasteiger partial charge on any atom is 0.307 e. The van der Waals surface area contributed by atoms with Crippen LogP contribution in [0.2, 0.25) is 0 Å². The molecule has 8 heteroatoms. The van der Waals surface area contributed by atoms with Gasteiger partial charge in [-0.3, -0.25) is 9.59 Å². The molecular formula is C22H17FN2O4S. The van der Waals surface area contributed by atoms with Gasteiger partial charge in [0.25, 0.3) is 0 Å². The number of hydrogen-bond acceptors (Lipinski definition) is 5. The SMILES string of the molecule is O=C(Nc1nc2ccc(Oc3ccc(F)cc3)cc2s1)[C@@H]1C2C=CC(C2)[C@@H]1C(=O)O. The van der Waals surface area contributed by atoms with Crippen LogP contribution in [0.25, 0.3) is 10.2 Å². The van der Waals surface area contributed by atoms with Crippen LogP contribution in [0, 0.1) is 29.5 Å². The third kappa shape index (κ3) is 3.33. The lowest BCUT2D eigenvalue weighted by Crippen LogP contribution is -2.36. The molecule has 1 fully saturated rings. The van der Waals surface area contributed by atoms with Gasteiger partial charge < -0.3 is 15.2 Å². The molecular weight excluding hydrogens is 407 g/mol. The molecule has 1 saturated carbocycles. The number of nitrogens with one attached hydrogen (secondary N) is 1. The molecule has 152 valence electrons. The van der Waals surface area contributed by atoms with Gasteiger partial charge in [0.2, 0.25) is 5.91 Å². The molecule has 0 saturated heterocycles. The summed E-state index contributed by atoms with van der Waals surface area (Å²) in [5.74, 6) is -1.88. The molecule has 5 rings (SSSR count). The number of amides is 1. The monoisotopic (exact) mass is 424 g/mol. The van der Waals surface area contributed by atoms with E-state index in [1.807, 2.05) is 12.2 Å². The summed E-state index contributed by atoms with van der Waals surface area (Å²) in [5, 5.41) is 12.8. The van der Waals surface area contributed by atoms with Crippen molar-refractivity contribution in [1.29, 1.82) is 0 Å². The van der Waals surface area contributed by atoms with Crippen molar-refractivity contribution in [2.24, 2.45) is 23.7 Å². The number of aromatic nitrogens is 1. The van der Waals surface area contributed by atoms with Crippen LogP contribution in [0.4, 0.5) is 9.52 Å². The van der Waals surface area contributed by atoms with Crippen molar-refractivity contribution in [2.75, 3.05) is 5.32 Å². The quantitative estimate of drug-likeness (QED) is 0.580. The van der Waals surface area contributed by atoms with Crippen molar-refractivity contribution in [3.05, 3.63) is 60.4 Å². The van der Waals surface area contributed by atoms with Crippen molar-refractivity contribution in [3.63, 3.8) is 0 Å². The number of hydrogen-bond donors (Lipinski definition) is 2. The highest BCUT2D eigenvalue weighted by molar-refractivity contribution is 7.22. The van der Waals surface area contributed by atoms with Crippen LogP contribution >= 0.6 is 11.3 Å². The third-order valence-corrected chi connectivity index (χ3v) is 6.62. The number of carbonyl (C=O) groups excluding carboxylic acids is 1. The number of fused-ring (bicyclic) bond motifs is 3. The number of rotatable bonds is 5. The third-order valence-electron chi connectivity index (χ3n) is 5.69. The number of carboxylic acid groups (broad SMARTS) is 1. The number of carbonyl (C=O) groups is 2. The molecule has 2 N–H and O–H groups in total. The summed E-state index contributed by atoms with van der Waals surface area (Å²) in [7, 11) is 0. The van der Waals surface area contributed by atoms with Crippen LogP contribution < -0.4 is 10.1 Å². The molecule has 1 aromatic heterocycles. The average Bonchev–Trinajstić information content (AvgIpc) is 3.43. The fourth-order valence-electron chi connectivity index (χ4n) is 4.37. The Labute approximate surface area is 175 Å². The predicted molar refractivity (Wildman–Crippen MR) is 110 cm³/mol. The van der Waals surface area contributed by atoms with Gasteiger partial charge in [0.15, 0.2) is 5.13 Å². The number of benzene rings is 2. The molecule has 1 amide bonds. The summed E-state index contributed by atoms with van der Waals surface area (Å²) >= 11 is 1.29. The molecule has 0 radical (unpaired) electrons. The van der Waals surface area contributed by atoms with Crippen LogP contribution in [0.1, 0.15) is 6.42 Å². The first-order chi connectivity index (χ1) is 14.5. The van der Waals surface area contributed by atoms with Crippen molar-refractivity contribution < 1.29 is 23.8 Å². The number of aliphatic carboxylic acids is 1. The van der Waals surface area contributed by atoms with E-state index in [1.54, 1.807) is 30.3 Å². The topological polar surface area (TPSA) is 88.5 Å². The fourth-order valence-corrected chi connectivity index (χ4v) is 5.26. The molecule has 30 heavy (non-hydrogen) atoms. The molecule has 0 spiro atoms. The molecule has 4 atom stereocenters. The van der Waals surface area contributed by atoms with E-state index >= 15 is 0 Å². The van der Waals surface area contributed by atoms with Gasteiger partial charge >= 0.3 is 5.97 Å². The van der Waals surface area contributed by atoms with Gasteiger partial charge in [0.1, 0.15) is 17.3 Å². The van der Waals surface area contributed by atoms with E-state index in [0.29, 0.717) is 28.6 Å². The van der Waals surface area contributed by atoms with Crippen LogP contribution in [-0.4, -0.2) is 22.0 Å². The standard InChI is InChI=1S/C22H17FN2O4S/c23-13-3-5-14(6-4-13)29-15-7-8-16-17(10-15)30-22(24-16)25-20(26)18-11-1-2-12(9-11)19(18)21(27)28/h1-8,10-12,18-19H,9H2,(H,27,28)(H,24,25,26)/t11?,12?,18-,19+/m1/s1. The number of carboxylic acids is 1. The lowest BCUT2D eigenvalue weighted by molar-refractivity contribution is -0.146. The molecule has 2 aliphatic carbocycles. The van der Waals surface area contributed by atoms with Crippen molar-refractivity contribution in [1.82, 2.24) is 4.98 Å². The Morgan fingerprint density at radius 2 is 1.77 bits per heavy atom. The second-order valence-electron chi connectivity index (χ2n) is 7.53. The Morgan fingerprint density at radius 3 is 2.50 bits per heavy atom.